The third-order valence-electron chi connectivity index (χ3n) is 3.43. The van der Waals surface area contributed by atoms with Crippen LogP contribution in [0, 0.1) is 21.0 Å². The van der Waals surface area contributed by atoms with Gasteiger partial charge in [0.25, 0.3) is 10.2 Å². The number of halogens is 4. The first-order valence-corrected chi connectivity index (χ1v) is 10.4. The lowest BCUT2D eigenvalue weighted by molar-refractivity contribution is 0.511. The van der Waals surface area contributed by atoms with Crippen LogP contribution >= 0.6 is 22.6 Å². The lowest BCUT2D eigenvalue weighted by atomic mass is 10.1. The molecule has 0 saturated carbocycles. The van der Waals surface area contributed by atoms with E-state index in [0.717, 1.165) is 6.07 Å². The third-order valence-corrected chi connectivity index (χ3v) is 5.24. The van der Waals surface area contributed by atoms with Crippen molar-refractivity contribution in [2.24, 2.45) is 0 Å². The first-order chi connectivity index (χ1) is 12.7. The maximum Gasteiger partial charge on any atom is 0.299 e. The molecule has 0 unspecified atom stereocenters. The Labute approximate surface area is 169 Å². The number of rotatable bonds is 8. The molecule has 5 nitrogen and oxygen atoms in total. The molecule has 2 aromatic rings. The molecule has 2 aromatic carbocycles. The third kappa shape index (κ3) is 5.36. The van der Waals surface area contributed by atoms with Gasteiger partial charge in [-0.05, 0) is 58.8 Å². The van der Waals surface area contributed by atoms with Crippen LogP contribution < -0.4 is 14.8 Å². The lowest BCUT2D eigenvalue weighted by Crippen LogP contribution is -2.30. The summed E-state index contributed by atoms with van der Waals surface area (Å²) in [6.45, 7) is 5.18. The van der Waals surface area contributed by atoms with Gasteiger partial charge in [0.05, 0.1) is 11.4 Å². The number of nitrogens with one attached hydrogen (secondary N) is 3. The van der Waals surface area contributed by atoms with Gasteiger partial charge in [-0.2, -0.15) is 13.1 Å². The summed E-state index contributed by atoms with van der Waals surface area (Å²) >= 11 is 1.90. The average molecular weight is 511 g/mol. The van der Waals surface area contributed by atoms with E-state index in [-0.39, 0.29) is 29.9 Å². The molecular formula is C17H17F3IN3O2S. The van der Waals surface area contributed by atoms with Crippen molar-refractivity contribution in [3.05, 3.63) is 63.5 Å². The standard InChI is InChI=1S/C17H17F3IN3O2S/c1-3-5-10-8-13(19)15(20)17(16(10)24-27(25,26)22-4-2)23-14-7-6-11(21)9-12(14)18/h3,6-9,22-24H,1,4-5H2,2H3. The summed E-state index contributed by atoms with van der Waals surface area (Å²) in [5.74, 6) is -3.24. The molecule has 3 N–H and O–H groups in total. The highest BCUT2D eigenvalue weighted by molar-refractivity contribution is 14.1. The molecular weight excluding hydrogens is 494 g/mol. The Morgan fingerprint density at radius 2 is 1.85 bits per heavy atom. The summed E-state index contributed by atoms with van der Waals surface area (Å²) in [6, 6.07) is 4.98. The topological polar surface area (TPSA) is 70.2 Å². The van der Waals surface area contributed by atoms with Crippen molar-refractivity contribution in [2.75, 3.05) is 16.6 Å². The van der Waals surface area contributed by atoms with Gasteiger partial charge < -0.3 is 5.32 Å². The van der Waals surface area contributed by atoms with E-state index in [2.05, 4.69) is 21.3 Å². The fraction of sp³-hybridized carbons (Fsp3) is 0.176. The van der Waals surface area contributed by atoms with Crippen LogP contribution in [-0.2, 0) is 16.6 Å². The summed E-state index contributed by atoms with van der Waals surface area (Å²) in [4.78, 5) is 0. The zero-order valence-corrected chi connectivity index (χ0v) is 17.2. The lowest BCUT2D eigenvalue weighted by Gasteiger charge is -2.19. The van der Waals surface area contributed by atoms with Crippen LogP contribution in [0.1, 0.15) is 12.5 Å². The number of allylic oxidation sites excluding steroid dienone is 1. The maximum atomic E-state index is 14.5. The van der Waals surface area contributed by atoms with Crippen molar-refractivity contribution in [1.82, 2.24) is 4.72 Å². The molecule has 0 fully saturated rings. The second-order valence-corrected chi connectivity index (χ2v) is 8.17. The first-order valence-electron chi connectivity index (χ1n) is 7.79. The smallest absolute Gasteiger partial charge is 0.299 e. The molecule has 10 heteroatoms. The van der Waals surface area contributed by atoms with Gasteiger partial charge in [0, 0.05) is 10.1 Å². The highest BCUT2D eigenvalue weighted by atomic mass is 127. The van der Waals surface area contributed by atoms with Gasteiger partial charge in [0.2, 0.25) is 0 Å². The van der Waals surface area contributed by atoms with E-state index in [1.165, 1.54) is 18.2 Å². The van der Waals surface area contributed by atoms with E-state index in [1.54, 1.807) is 13.0 Å². The van der Waals surface area contributed by atoms with Crippen LogP contribution in [-0.4, -0.2) is 15.0 Å². The van der Waals surface area contributed by atoms with Gasteiger partial charge in [0.15, 0.2) is 11.6 Å². The Kier molecular flexibility index (Phi) is 7.12. The van der Waals surface area contributed by atoms with Crippen LogP contribution in [0.15, 0.2) is 36.9 Å². The van der Waals surface area contributed by atoms with Crippen molar-refractivity contribution in [2.45, 2.75) is 13.3 Å². The Balaban J connectivity index is 2.63. The predicted molar refractivity (Wildman–Crippen MR) is 109 cm³/mol. The Hall–Kier alpha value is -1.79. The van der Waals surface area contributed by atoms with E-state index in [1.807, 2.05) is 22.6 Å². The van der Waals surface area contributed by atoms with Crippen LogP contribution in [0.4, 0.5) is 30.2 Å². The van der Waals surface area contributed by atoms with Crippen LogP contribution in [0.5, 0.6) is 0 Å². The Morgan fingerprint density at radius 1 is 1.15 bits per heavy atom. The quantitative estimate of drug-likeness (QED) is 0.363. The number of hydrogen-bond acceptors (Lipinski definition) is 3. The van der Waals surface area contributed by atoms with E-state index in [4.69, 9.17) is 0 Å². The van der Waals surface area contributed by atoms with Gasteiger partial charge in [-0.3, -0.25) is 4.72 Å². The summed E-state index contributed by atoms with van der Waals surface area (Å²) in [5, 5.41) is 2.46. The van der Waals surface area contributed by atoms with E-state index in [9.17, 15) is 21.6 Å². The fourth-order valence-corrected chi connectivity index (χ4v) is 3.72. The molecule has 0 radical (unpaired) electrons. The highest BCUT2D eigenvalue weighted by Crippen LogP contribution is 2.35. The summed E-state index contributed by atoms with van der Waals surface area (Å²) in [7, 11) is -4.05. The minimum absolute atomic E-state index is 0.0605. The average Bonchev–Trinajstić information content (AvgIpc) is 2.57. The van der Waals surface area contributed by atoms with Gasteiger partial charge in [-0.1, -0.05) is 13.0 Å². The van der Waals surface area contributed by atoms with Crippen LogP contribution in [0.3, 0.4) is 0 Å². The molecule has 0 heterocycles. The molecule has 2 rings (SSSR count). The summed E-state index contributed by atoms with van der Waals surface area (Å²) < 4.78 is 71.9. The first kappa shape index (κ1) is 21.5. The molecule has 0 aliphatic heterocycles. The van der Waals surface area contributed by atoms with Crippen molar-refractivity contribution < 1.29 is 21.6 Å². The molecule has 0 atom stereocenters. The van der Waals surface area contributed by atoms with Gasteiger partial charge in [-0.25, -0.2) is 13.2 Å². The minimum atomic E-state index is -4.05. The number of benzene rings is 2. The monoisotopic (exact) mass is 511 g/mol. The second kappa shape index (κ2) is 8.93. The van der Waals surface area contributed by atoms with Gasteiger partial charge in [-0.15, -0.1) is 6.58 Å². The van der Waals surface area contributed by atoms with Crippen LogP contribution in [0.25, 0.3) is 0 Å². The number of hydrogen-bond donors (Lipinski definition) is 3. The largest absolute Gasteiger partial charge is 0.349 e. The van der Waals surface area contributed by atoms with E-state index < -0.39 is 33.3 Å². The second-order valence-electron chi connectivity index (χ2n) is 5.43. The predicted octanol–water partition coefficient (Wildman–Crippen LogP) is 4.45. The van der Waals surface area contributed by atoms with Crippen molar-refractivity contribution in [3.8, 4) is 0 Å². The number of anilines is 3. The van der Waals surface area contributed by atoms with E-state index >= 15 is 0 Å². The molecule has 0 aliphatic rings. The molecule has 0 spiro atoms. The summed E-state index contributed by atoms with van der Waals surface area (Å²) in [6.07, 6.45) is 1.47. The van der Waals surface area contributed by atoms with Crippen molar-refractivity contribution in [3.63, 3.8) is 0 Å². The molecule has 0 bridgehead atoms. The van der Waals surface area contributed by atoms with Gasteiger partial charge >= 0.3 is 0 Å². The SMILES string of the molecule is C=CCc1cc(F)c(F)c(Nc2ccc(I)cc2F)c1NS(=O)(=O)NCC. The zero-order chi connectivity index (χ0) is 20.2. The zero-order valence-electron chi connectivity index (χ0n) is 14.2. The molecule has 0 aromatic heterocycles. The Morgan fingerprint density at radius 3 is 2.44 bits per heavy atom. The molecule has 0 aliphatic carbocycles. The van der Waals surface area contributed by atoms with E-state index in [0.29, 0.717) is 3.57 Å². The minimum Gasteiger partial charge on any atom is -0.349 e. The van der Waals surface area contributed by atoms with Crippen molar-refractivity contribution in [1.29, 1.82) is 0 Å². The van der Waals surface area contributed by atoms with Gasteiger partial charge in [0.1, 0.15) is 11.5 Å². The molecule has 0 saturated heterocycles. The maximum absolute atomic E-state index is 14.5. The molecule has 146 valence electrons. The summed E-state index contributed by atoms with van der Waals surface area (Å²) in [5.41, 5.74) is -0.742. The molecule has 27 heavy (non-hydrogen) atoms. The highest BCUT2D eigenvalue weighted by Gasteiger charge is 2.22. The van der Waals surface area contributed by atoms with Crippen molar-refractivity contribution >= 4 is 49.9 Å². The molecule has 0 amide bonds. The normalized spacial score (nSPS) is 11.3. The van der Waals surface area contributed by atoms with Crippen LogP contribution in [0.2, 0.25) is 0 Å². The fourth-order valence-electron chi connectivity index (χ4n) is 2.31. The Bertz CT molecular complexity index is 968.